The van der Waals surface area contributed by atoms with Crippen LogP contribution in [0.1, 0.15) is 39.8 Å². The SMILES string of the molecule is CSCCC(NC(=O)c1ccccc1)C(=O)NCC(c1ccc(C)o1)c1c[nH]c2ccccc12. The molecule has 34 heavy (non-hydrogen) atoms. The molecule has 0 radical (unpaired) electrons. The van der Waals surface area contributed by atoms with E-state index in [0.29, 0.717) is 18.5 Å². The van der Waals surface area contributed by atoms with E-state index in [1.165, 1.54) is 0 Å². The van der Waals surface area contributed by atoms with Gasteiger partial charge in [0.05, 0.1) is 5.92 Å². The first-order chi connectivity index (χ1) is 16.6. The fourth-order valence-electron chi connectivity index (χ4n) is 4.05. The van der Waals surface area contributed by atoms with Crippen molar-refractivity contribution in [3.8, 4) is 0 Å². The maximum Gasteiger partial charge on any atom is 0.251 e. The molecule has 2 unspecified atom stereocenters. The number of hydrogen-bond acceptors (Lipinski definition) is 4. The van der Waals surface area contributed by atoms with E-state index >= 15 is 0 Å². The standard InChI is InChI=1S/C27H29N3O3S/c1-18-12-13-25(33-18)22(21-16-28-23-11-7-6-10-20(21)23)17-29-27(32)24(14-15-34-2)30-26(31)19-8-4-3-5-9-19/h3-13,16,22,24,28H,14-15,17H2,1-2H3,(H,29,32)(H,30,31). The van der Waals surface area contributed by atoms with Gasteiger partial charge in [-0.2, -0.15) is 11.8 Å². The Labute approximate surface area is 203 Å². The summed E-state index contributed by atoms with van der Waals surface area (Å²) in [6.07, 6.45) is 4.51. The average molecular weight is 476 g/mol. The number of benzene rings is 2. The molecule has 0 spiro atoms. The Bertz CT molecular complexity index is 1250. The molecule has 2 atom stereocenters. The average Bonchev–Trinajstić information content (AvgIpc) is 3.49. The summed E-state index contributed by atoms with van der Waals surface area (Å²) < 4.78 is 5.96. The van der Waals surface area contributed by atoms with Gasteiger partial charge in [0, 0.05) is 29.2 Å². The number of H-pyrrole nitrogens is 1. The molecule has 3 N–H and O–H groups in total. The number of furan rings is 1. The van der Waals surface area contributed by atoms with Crippen molar-refractivity contribution < 1.29 is 14.0 Å². The maximum atomic E-state index is 13.2. The summed E-state index contributed by atoms with van der Waals surface area (Å²) >= 11 is 1.64. The van der Waals surface area contributed by atoms with E-state index in [4.69, 9.17) is 4.42 Å². The molecule has 0 bridgehead atoms. The summed E-state index contributed by atoms with van der Waals surface area (Å²) in [5.41, 5.74) is 2.62. The molecule has 0 fully saturated rings. The van der Waals surface area contributed by atoms with Crippen molar-refractivity contribution in [2.45, 2.75) is 25.3 Å². The fourth-order valence-corrected chi connectivity index (χ4v) is 4.52. The van der Waals surface area contributed by atoms with Crippen LogP contribution in [0.5, 0.6) is 0 Å². The minimum atomic E-state index is -0.623. The number of thioether (sulfide) groups is 1. The molecule has 6 nitrogen and oxygen atoms in total. The Kier molecular flexibility index (Phi) is 7.75. The number of aromatic nitrogens is 1. The molecular weight excluding hydrogens is 446 g/mol. The van der Waals surface area contributed by atoms with Crippen LogP contribution in [0.15, 0.2) is 77.3 Å². The van der Waals surface area contributed by atoms with Gasteiger partial charge in [-0.3, -0.25) is 9.59 Å². The topological polar surface area (TPSA) is 87.1 Å². The van der Waals surface area contributed by atoms with Crippen molar-refractivity contribution in [3.05, 3.63) is 95.6 Å². The molecular formula is C27H29N3O3S. The summed E-state index contributed by atoms with van der Waals surface area (Å²) in [5.74, 6) is 1.75. The number of aryl methyl sites for hydroxylation is 1. The molecule has 0 aliphatic rings. The third kappa shape index (κ3) is 5.54. The largest absolute Gasteiger partial charge is 0.466 e. The van der Waals surface area contributed by atoms with Gasteiger partial charge in [0.25, 0.3) is 5.91 Å². The highest BCUT2D eigenvalue weighted by molar-refractivity contribution is 7.98. The van der Waals surface area contributed by atoms with E-state index in [2.05, 4.69) is 21.7 Å². The predicted octanol–water partition coefficient (Wildman–Crippen LogP) is 4.87. The molecule has 2 heterocycles. The molecule has 2 amide bonds. The molecule has 7 heteroatoms. The third-order valence-electron chi connectivity index (χ3n) is 5.85. The smallest absolute Gasteiger partial charge is 0.251 e. The van der Waals surface area contributed by atoms with Crippen LogP contribution in [0.25, 0.3) is 10.9 Å². The van der Waals surface area contributed by atoms with Gasteiger partial charge in [-0.1, -0.05) is 36.4 Å². The van der Waals surface area contributed by atoms with Gasteiger partial charge in [0.2, 0.25) is 5.91 Å². The number of hydrogen-bond donors (Lipinski definition) is 3. The summed E-state index contributed by atoms with van der Waals surface area (Å²) in [6.45, 7) is 2.26. The number of carbonyl (C=O) groups is 2. The van der Waals surface area contributed by atoms with E-state index in [0.717, 1.165) is 33.7 Å². The molecule has 0 aliphatic carbocycles. The summed E-state index contributed by atoms with van der Waals surface area (Å²) in [5, 5.41) is 7.07. The number of aromatic amines is 1. The molecule has 4 rings (SSSR count). The number of fused-ring (bicyclic) bond motifs is 1. The van der Waals surface area contributed by atoms with Crippen LogP contribution in [0.3, 0.4) is 0 Å². The van der Waals surface area contributed by atoms with Crippen molar-refractivity contribution >= 4 is 34.5 Å². The van der Waals surface area contributed by atoms with Gasteiger partial charge in [-0.25, -0.2) is 0 Å². The minimum Gasteiger partial charge on any atom is -0.466 e. The molecule has 176 valence electrons. The van der Waals surface area contributed by atoms with E-state index in [-0.39, 0.29) is 17.7 Å². The lowest BCUT2D eigenvalue weighted by Gasteiger charge is -2.21. The van der Waals surface area contributed by atoms with Crippen molar-refractivity contribution in [3.63, 3.8) is 0 Å². The van der Waals surface area contributed by atoms with Gasteiger partial charge >= 0.3 is 0 Å². The van der Waals surface area contributed by atoms with E-state index in [1.54, 1.807) is 23.9 Å². The van der Waals surface area contributed by atoms with Crippen molar-refractivity contribution in [1.29, 1.82) is 0 Å². The Balaban J connectivity index is 1.52. The van der Waals surface area contributed by atoms with E-state index in [9.17, 15) is 9.59 Å². The highest BCUT2D eigenvalue weighted by Crippen LogP contribution is 2.31. The summed E-state index contributed by atoms with van der Waals surface area (Å²) in [6, 6.07) is 20.3. The maximum absolute atomic E-state index is 13.2. The van der Waals surface area contributed by atoms with Gasteiger partial charge in [0.15, 0.2) is 0 Å². The first-order valence-corrected chi connectivity index (χ1v) is 12.7. The lowest BCUT2D eigenvalue weighted by atomic mass is 9.95. The van der Waals surface area contributed by atoms with Crippen LogP contribution in [0, 0.1) is 6.92 Å². The second-order valence-corrected chi connectivity index (χ2v) is 9.19. The normalized spacial score (nSPS) is 12.9. The van der Waals surface area contributed by atoms with Gasteiger partial charge in [-0.15, -0.1) is 0 Å². The predicted molar refractivity (Wildman–Crippen MR) is 137 cm³/mol. The zero-order valence-electron chi connectivity index (χ0n) is 19.3. The van der Waals surface area contributed by atoms with Gasteiger partial charge in [0.1, 0.15) is 17.6 Å². The number of para-hydroxylation sites is 1. The van der Waals surface area contributed by atoms with Crippen LogP contribution in [-0.2, 0) is 4.79 Å². The number of amides is 2. The highest BCUT2D eigenvalue weighted by atomic mass is 32.2. The summed E-state index contributed by atoms with van der Waals surface area (Å²) in [4.78, 5) is 29.2. The second kappa shape index (κ2) is 11.1. The molecule has 0 saturated heterocycles. The Hall–Kier alpha value is -3.45. The quantitative estimate of drug-likeness (QED) is 0.305. The highest BCUT2D eigenvalue weighted by Gasteiger charge is 2.25. The minimum absolute atomic E-state index is 0.167. The zero-order chi connectivity index (χ0) is 23.9. The lowest BCUT2D eigenvalue weighted by molar-refractivity contribution is -0.123. The van der Waals surface area contributed by atoms with Crippen LogP contribution in [0.2, 0.25) is 0 Å². The van der Waals surface area contributed by atoms with Gasteiger partial charge in [-0.05, 0) is 61.2 Å². The molecule has 4 aromatic rings. The van der Waals surface area contributed by atoms with E-state index < -0.39 is 6.04 Å². The van der Waals surface area contributed by atoms with Crippen molar-refractivity contribution in [2.75, 3.05) is 18.6 Å². The fraction of sp³-hybridized carbons (Fsp3) is 0.259. The number of carbonyl (C=O) groups excluding carboxylic acids is 2. The van der Waals surface area contributed by atoms with Crippen molar-refractivity contribution in [1.82, 2.24) is 15.6 Å². The monoisotopic (exact) mass is 475 g/mol. The Morgan fingerprint density at radius 3 is 2.53 bits per heavy atom. The van der Waals surface area contributed by atoms with Crippen LogP contribution < -0.4 is 10.6 Å². The van der Waals surface area contributed by atoms with Crippen molar-refractivity contribution in [2.24, 2.45) is 0 Å². The molecule has 0 saturated carbocycles. The number of nitrogens with one attached hydrogen (secondary N) is 3. The molecule has 2 aromatic heterocycles. The molecule has 0 aliphatic heterocycles. The second-order valence-electron chi connectivity index (χ2n) is 8.21. The first-order valence-electron chi connectivity index (χ1n) is 11.3. The van der Waals surface area contributed by atoms with E-state index in [1.807, 2.05) is 67.9 Å². The summed E-state index contributed by atoms with van der Waals surface area (Å²) in [7, 11) is 0. The van der Waals surface area contributed by atoms with Crippen LogP contribution in [-0.4, -0.2) is 41.4 Å². The van der Waals surface area contributed by atoms with Crippen LogP contribution in [0.4, 0.5) is 0 Å². The van der Waals surface area contributed by atoms with Gasteiger partial charge < -0.3 is 20.0 Å². The zero-order valence-corrected chi connectivity index (χ0v) is 20.2. The third-order valence-corrected chi connectivity index (χ3v) is 6.49. The first kappa shape index (κ1) is 23.7. The number of rotatable bonds is 10. The Morgan fingerprint density at radius 1 is 1.03 bits per heavy atom. The lowest BCUT2D eigenvalue weighted by Crippen LogP contribution is -2.48. The Morgan fingerprint density at radius 2 is 1.79 bits per heavy atom. The van der Waals surface area contributed by atoms with Crippen LogP contribution >= 0.6 is 11.8 Å². The molecule has 2 aromatic carbocycles.